The number of carbonyl (C=O) groups is 1. The first-order chi connectivity index (χ1) is 12.7. The maximum atomic E-state index is 12.3. The molecule has 7 nitrogen and oxygen atoms in total. The van der Waals surface area contributed by atoms with Gasteiger partial charge in [0.1, 0.15) is 6.61 Å². The fourth-order valence-corrected chi connectivity index (χ4v) is 4.06. The maximum Gasteiger partial charge on any atom is 0.233 e. The van der Waals surface area contributed by atoms with Crippen molar-refractivity contribution in [3.05, 3.63) is 30.1 Å². The Morgan fingerprint density at radius 3 is 2.77 bits per heavy atom. The number of ether oxygens (including phenoxy) is 2. The first kappa shape index (κ1) is 17.2. The third kappa shape index (κ3) is 3.51. The van der Waals surface area contributed by atoms with Gasteiger partial charge in [-0.1, -0.05) is 23.9 Å². The molecule has 0 bridgehead atoms. The molecule has 1 atom stereocenters. The van der Waals surface area contributed by atoms with Crippen LogP contribution in [0.25, 0.3) is 0 Å². The number of amides is 1. The number of rotatable bonds is 4. The Labute approximate surface area is 156 Å². The second-order valence-electron chi connectivity index (χ2n) is 6.49. The predicted molar refractivity (Wildman–Crippen MR) is 97.5 cm³/mol. The summed E-state index contributed by atoms with van der Waals surface area (Å²) in [5, 5.41) is 9.21. The molecule has 2 aliphatic rings. The number of thioether (sulfide) groups is 1. The topological polar surface area (TPSA) is 69.5 Å². The van der Waals surface area contributed by atoms with Crippen molar-refractivity contribution < 1.29 is 14.3 Å². The fourth-order valence-electron chi connectivity index (χ4n) is 3.24. The van der Waals surface area contributed by atoms with Crippen molar-refractivity contribution in [1.82, 2.24) is 19.7 Å². The molecule has 1 amide bonds. The van der Waals surface area contributed by atoms with E-state index in [9.17, 15) is 4.79 Å². The molecule has 0 aliphatic carbocycles. The molecule has 1 aromatic heterocycles. The second-order valence-corrected chi connectivity index (χ2v) is 7.44. The molecular weight excluding hydrogens is 352 g/mol. The zero-order valence-electron chi connectivity index (χ0n) is 14.8. The van der Waals surface area contributed by atoms with Gasteiger partial charge in [0.15, 0.2) is 28.6 Å². The lowest BCUT2D eigenvalue weighted by Gasteiger charge is -2.26. The summed E-state index contributed by atoms with van der Waals surface area (Å²) in [5.41, 5.74) is 0. The first-order valence-corrected chi connectivity index (χ1v) is 9.89. The van der Waals surface area contributed by atoms with Crippen molar-refractivity contribution in [3.8, 4) is 11.5 Å². The van der Waals surface area contributed by atoms with E-state index in [2.05, 4.69) is 10.2 Å². The average Bonchev–Trinajstić information content (AvgIpc) is 3.07. The van der Waals surface area contributed by atoms with Crippen molar-refractivity contribution in [1.29, 1.82) is 0 Å². The van der Waals surface area contributed by atoms with E-state index in [1.54, 1.807) is 0 Å². The lowest BCUT2D eigenvalue weighted by atomic mass is 10.1. The van der Waals surface area contributed by atoms with Gasteiger partial charge in [-0.15, -0.1) is 10.2 Å². The molecule has 0 N–H and O–H groups in total. The monoisotopic (exact) mass is 374 g/mol. The Balaban J connectivity index is 1.40. The van der Waals surface area contributed by atoms with Crippen LogP contribution in [0.5, 0.6) is 11.5 Å². The molecular formula is C18H22N4O3S. The summed E-state index contributed by atoms with van der Waals surface area (Å²) >= 11 is 1.42. The van der Waals surface area contributed by atoms with Gasteiger partial charge in [0.2, 0.25) is 5.91 Å². The summed E-state index contributed by atoms with van der Waals surface area (Å²) in [7, 11) is 1.90. The van der Waals surface area contributed by atoms with Gasteiger partial charge in [-0.25, -0.2) is 0 Å². The van der Waals surface area contributed by atoms with Crippen molar-refractivity contribution in [2.45, 2.75) is 30.5 Å². The van der Waals surface area contributed by atoms with Gasteiger partial charge in [-0.05, 0) is 31.4 Å². The lowest BCUT2D eigenvalue weighted by molar-refractivity contribution is -0.129. The zero-order chi connectivity index (χ0) is 17.9. The summed E-state index contributed by atoms with van der Waals surface area (Å²) in [6.07, 6.45) is 3.11. The summed E-state index contributed by atoms with van der Waals surface area (Å²) in [5.74, 6) is 2.71. The normalized spacial score (nSPS) is 19.4. The van der Waals surface area contributed by atoms with Gasteiger partial charge >= 0.3 is 0 Å². The number of fused-ring (bicyclic) bond motifs is 1. The smallest absolute Gasteiger partial charge is 0.233 e. The lowest BCUT2D eigenvalue weighted by Crippen LogP contribution is -2.36. The van der Waals surface area contributed by atoms with Crippen molar-refractivity contribution in [3.63, 3.8) is 0 Å². The Hall–Kier alpha value is -2.22. The Bertz CT molecular complexity index is 788. The largest absolute Gasteiger partial charge is 0.485 e. The fraction of sp³-hybridized carbons (Fsp3) is 0.500. The van der Waals surface area contributed by atoms with E-state index in [1.807, 2.05) is 40.8 Å². The van der Waals surface area contributed by atoms with Gasteiger partial charge in [-0.2, -0.15) is 0 Å². The van der Waals surface area contributed by atoms with Crippen molar-refractivity contribution >= 4 is 17.7 Å². The number of para-hydroxylation sites is 2. The SMILES string of the molecule is Cn1c(SCC(=O)N2CCCCC2)nnc1[C@@H]1COc2ccccc2O1. The molecule has 1 fully saturated rings. The minimum atomic E-state index is -0.311. The van der Waals surface area contributed by atoms with Crippen LogP contribution in [0.2, 0.25) is 0 Å². The molecule has 8 heteroatoms. The molecule has 26 heavy (non-hydrogen) atoms. The van der Waals surface area contributed by atoms with Crippen molar-refractivity contribution in [2.24, 2.45) is 7.05 Å². The van der Waals surface area contributed by atoms with Gasteiger partial charge in [0.25, 0.3) is 0 Å². The number of likely N-dealkylation sites (tertiary alicyclic amines) is 1. The van der Waals surface area contributed by atoms with E-state index in [0.717, 1.165) is 31.7 Å². The third-order valence-corrected chi connectivity index (χ3v) is 5.70. The standard InChI is InChI=1S/C18H22N4O3S/c1-21-17(15-11-24-13-7-3-4-8-14(13)25-15)19-20-18(21)26-12-16(23)22-9-5-2-6-10-22/h3-4,7-8,15H,2,5-6,9-12H2,1H3/t15-/m0/s1. The number of nitrogens with zero attached hydrogens (tertiary/aromatic N) is 4. The molecule has 0 radical (unpaired) electrons. The Morgan fingerprint density at radius 1 is 1.19 bits per heavy atom. The summed E-state index contributed by atoms with van der Waals surface area (Å²) in [4.78, 5) is 14.3. The highest BCUT2D eigenvalue weighted by atomic mass is 32.2. The van der Waals surface area contributed by atoms with E-state index < -0.39 is 0 Å². The van der Waals surface area contributed by atoms with Crippen LogP contribution in [-0.4, -0.2) is 51.0 Å². The molecule has 1 aromatic carbocycles. The molecule has 2 aromatic rings. The molecule has 138 valence electrons. The molecule has 3 heterocycles. The summed E-state index contributed by atoms with van der Waals surface area (Å²) < 4.78 is 13.6. The van der Waals surface area contributed by atoms with Gasteiger partial charge in [-0.3, -0.25) is 4.79 Å². The van der Waals surface area contributed by atoms with Gasteiger partial charge < -0.3 is 18.9 Å². The average molecular weight is 374 g/mol. The Morgan fingerprint density at radius 2 is 1.96 bits per heavy atom. The number of carbonyl (C=O) groups excluding carboxylic acids is 1. The highest BCUT2D eigenvalue weighted by Gasteiger charge is 2.27. The minimum absolute atomic E-state index is 0.172. The van der Waals surface area contributed by atoms with Crippen molar-refractivity contribution in [2.75, 3.05) is 25.4 Å². The maximum absolute atomic E-state index is 12.3. The van der Waals surface area contributed by atoms with Crippen LogP contribution >= 0.6 is 11.8 Å². The van der Waals surface area contributed by atoms with Crippen LogP contribution in [0.15, 0.2) is 29.4 Å². The summed E-state index contributed by atoms with van der Waals surface area (Å²) in [6, 6.07) is 7.59. The van der Waals surface area contributed by atoms with Gasteiger partial charge in [0, 0.05) is 20.1 Å². The second kappa shape index (κ2) is 7.57. The highest BCUT2D eigenvalue weighted by molar-refractivity contribution is 7.99. The molecule has 1 saturated heterocycles. The first-order valence-electron chi connectivity index (χ1n) is 8.91. The van der Waals surface area contributed by atoms with Crippen LogP contribution in [0.3, 0.4) is 0 Å². The van der Waals surface area contributed by atoms with E-state index in [-0.39, 0.29) is 12.0 Å². The van der Waals surface area contributed by atoms with Crippen LogP contribution in [0.4, 0.5) is 0 Å². The number of piperidine rings is 1. The van der Waals surface area contributed by atoms with E-state index in [4.69, 9.17) is 9.47 Å². The van der Waals surface area contributed by atoms with Crippen LogP contribution in [0, 0.1) is 0 Å². The number of hydrogen-bond acceptors (Lipinski definition) is 6. The van der Waals surface area contributed by atoms with E-state index in [1.165, 1.54) is 18.2 Å². The molecule has 0 saturated carbocycles. The molecule has 0 unspecified atom stereocenters. The zero-order valence-corrected chi connectivity index (χ0v) is 15.6. The summed E-state index contributed by atoms with van der Waals surface area (Å²) in [6.45, 7) is 2.13. The molecule has 0 spiro atoms. The third-order valence-electron chi connectivity index (χ3n) is 4.70. The predicted octanol–water partition coefficient (Wildman–Crippen LogP) is 2.43. The van der Waals surface area contributed by atoms with E-state index >= 15 is 0 Å². The van der Waals surface area contributed by atoms with Crippen LogP contribution in [-0.2, 0) is 11.8 Å². The van der Waals surface area contributed by atoms with E-state index in [0.29, 0.717) is 29.1 Å². The number of aromatic nitrogens is 3. The van der Waals surface area contributed by atoms with Gasteiger partial charge in [0.05, 0.1) is 5.75 Å². The van der Waals surface area contributed by atoms with Crippen LogP contribution < -0.4 is 9.47 Å². The number of hydrogen-bond donors (Lipinski definition) is 0. The Kier molecular flexibility index (Phi) is 5.01. The quantitative estimate of drug-likeness (QED) is 0.766. The van der Waals surface area contributed by atoms with Crippen LogP contribution in [0.1, 0.15) is 31.2 Å². The molecule has 2 aliphatic heterocycles. The number of benzene rings is 1. The highest BCUT2D eigenvalue weighted by Crippen LogP contribution is 2.35. The minimum Gasteiger partial charge on any atom is -0.485 e. The molecule has 4 rings (SSSR count).